The summed E-state index contributed by atoms with van der Waals surface area (Å²) in [5, 5.41) is 16.8. The van der Waals surface area contributed by atoms with Gasteiger partial charge < -0.3 is 10.6 Å². The highest BCUT2D eigenvalue weighted by atomic mass is 32.1. The van der Waals surface area contributed by atoms with Crippen LogP contribution in [0.4, 0.5) is 38.1 Å². The van der Waals surface area contributed by atoms with Crippen LogP contribution in [0.3, 0.4) is 0 Å². The number of hydrogen-bond acceptors (Lipinski definition) is 7. The number of carbonyl (C=O) groups is 2. The molecule has 6 rings (SSSR count). The molecule has 3 aromatic rings. The summed E-state index contributed by atoms with van der Waals surface area (Å²) < 4.78 is 82.4. The number of anilines is 2. The Morgan fingerprint density at radius 1 is 1.27 bits per heavy atom. The van der Waals surface area contributed by atoms with Gasteiger partial charge in [0.2, 0.25) is 5.95 Å². The van der Waals surface area contributed by atoms with E-state index in [4.69, 9.17) is 0 Å². The van der Waals surface area contributed by atoms with Crippen molar-refractivity contribution in [2.75, 3.05) is 11.9 Å². The number of alkyl halides is 6. The van der Waals surface area contributed by atoms with Crippen molar-refractivity contribution < 1.29 is 35.9 Å². The largest absolute Gasteiger partial charge is 0.435 e. The van der Waals surface area contributed by atoms with Crippen molar-refractivity contribution in [3.63, 3.8) is 0 Å². The molecular weight excluding hydrogens is 576 g/mol. The van der Waals surface area contributed by atoms with Gasteiger partial charge in [-0.15, -0.1) is 21.5 Å². The number of Topliss-reactive ketones (excluding diaryl/α,β-unsaturated/α-hetero) is 1. The first-order valence-electron chi connectivity index (χ1n) is 13.1. The van der Waals surface area contributed by atoms with Crippen LogP contribution in [0.5, 0.6) is 0 Å². The van der Waals surface area contributed by atoms with Crippen molar-refractivity contribution in [3.8, 4) is 0 Å². The van der Waals surface area contributed by atoms with Gasteiger partial charge in [-0.05, 0) is 31.2 Å². The minimum absolute atomic E-state index is 0.0441. The number of ketones is 1. The van der Waals surface area contributed by atoms with Gasteiger partial charge >= 0.3 is 6.18 Å². The van der Waals surface area contributed by atoms with Gasteiger partial charge in [0.25, 0.3) is 11.8 Å². The van der Waals surface area contributed by atoms with Crippen molar-refractivity contribution in [3.05, 3.63) is 39.0 Å². The number of rotatable bonds is 9. The van der Waals surface area contributed by atoms with E-state index in [1.807, 2.05) is 0 Å². The molecule has 1 unspecified atom stereocenters. The second-order valence-electron chi connectivity index (χ2n) is 10.8. The van der Waals surface area contributed by atoms with Crippen molar-refractivity contribution >= 4 is 34.8 Å². The van der Waals surface area contributed by atoms with E-state index < -0.39 is 41.7 Å². The summed E-state index contributed by atoms with van der Waals surface area (Å²) in [6, 6.07) is 0.555. The topological polar surface area (TPSA) is 107 Å². The molecule has 0 aromatic carbocycles. The van der Waals surface area contributed by atoms with Gasteiger partial charge in [-0.2, -0.15) is 18.3 Å². The predicted molar refractivity (Wildman–Crippen MR) is 134 cm³/mol. The molecule has 2 saturated carbocycles. The number of halogens is 6. The summed E-state index contributed by atoms with van der Waals surface area (Å²) in [5.74, 6) is -5.06. The lowest BCUT2D eigenvalue weighted by molar-refractivity contribution is -0.141. The number of hydrogen-bond donors (Lipinski definition) is 2. The number of nitrogens with one attached hydrogen (secondary N) is 2. The van der Waals surface area contributed by atoms with E-state index in [2.05, 4.69) is 25.9 Å². The Hall–Kier alpha value is -3.43. The van der Waals surface area contributed by atoms with Gasteiger partial charge in [0.1, 0.15) is 24.1 Å². The predicted octanol–water partition coefficient (Wildman–Crippen LogP) is 4.42. The molecule has 3 aliphatic carbocycles. The summed E-state index contributed by atoms with van der Waals surface area (Å²) in [6.45, 7) is -0.202. The number of nitrogens with zero attached hydrogens (tertiary/aromatic N) is 5. The van der Waals surface area contributed by atoms with Crippen LogP contribution in [-0.4, -0.2) is 54.9 Å². The zero-order valence-corrected chi connectivity index (χ0v) is 22.5. The van der Waals surface area contributed by atoms with Gasteiger partial charge in [-0.25, -0.2) is 13.2 Å². The molecule has 0 spiro atoms. The maximum atomic E-state index is 13.5. The van der Waals surface area contributed by atoms with Gasteiger partial charge in [-0.3, -0.25) is 18.8 Å². The SMILES string of the molecule is Cn1nc(C(F)(F)F)cc1Nc1nncn1[C@H]1CCc2sc(CC(=O)[C@H]3C[C@H]3F)c(C(=O)NCC3CC3(F)F)c2C1. The summed E-state index contributed by atoms with van der Waals surface area (Å²) in [4.78, 5) is 27.3. The molecule has 0 bridgehead atoms. The number of carbonyl (C=O) groups excluding carboxylic acids is 2. The van der Waals surface area contributed by atoms with E-state index >= 15 is 0 Å². The molecule has 41 heavy (non-hydrogen) atoms. The standard InChI is InChI=1S/C25H25F6N7O2S/c1-37-20(7-19(36-37)25(29,30)31)34-23-35-33-10-38(23)12-2-3-17-14(4-12)21(22(40)32-9-11-8-24(11,27)28)18(41-17)6-16(39)13-5-15(13)26/h7,10-13,15H,2-6,8-9H2,1H3,(H,32,40)(H,34,35)/t11?,12-,13-,15+/m0/s1. The molecule has 2 fully saturated rings. The van der Waals surface area contributed by atoms with Crippen LogP contribution in [0.25, 0.3) is 0 Å². The first kappa shape index (κ1) is 27.7. The highest BCUT2D eigenvalue weighted by Gasteiger charge is 2.56. The van der Waals surface area contributed by atoms with Gasteiger partial charge in [0.05, 0.1) is 11.5 Å². The normalized spacial score (nSPS) is 24.6. The number of aryl methyl sites for hydroxylation is 2. The molecular formula is C25H25F6N7O2S. The lowest BCUT2D eigenvalue weighted by Crippen LogP contribution is -2.29. The third-order valence-electron chi connectivity index (χ3n) is 7.84. The number of aromatic nitrogens is 5. The Labute approximate surface area is 233 Å². The smallest absolute Gasteiger partial charge is 0.351 e. The maximum absolute atomic E-state index is 13.5. The molecule has 0 saturated heterocycles. The van der Waals surface area contributed by atoms with E-state index in [-0.39, 0.29) is 55.0 Å². The fourth-order valence-electron chi connectivity index (χ4n) is 5.27. The minimum Gasteiger partial charge on any atom is -0.351 e. The van der Waals surface area contributed by atoms with Crippen LogP contribution < -0.4 is 10.6 Å². The molecule has 9 nitrogen and oxygen atoms in total. The molecule has 3 aliphatic rings. The van der Waals surface area contributed by atoms with Crippen LogP contribution in [0.15, 0.2) is 12.4 Å². The Morgan fingerprint density at radius 2 is 2.00 bits per heavy atom. The Morgan fingerprint density at radius 3 is 2.63 bits per heavy atom. The first-order chi connectivity index (χ1) is 19.3. The van der Waals surface area contributed by atoms with Crippen molar-refractivity contribution in [2.24, 2.45) is 18.9 Å². The summed E-state index contributed by atoms with van der Waals surface area (Å²) >= 11 is 1.30. The van der Waals surface area contributed by atoms with Crippen LogP contribution >= 0.6 is 11.3 Å². The van der Waals surface area contributed by atoms with E-state index in [0.29, 0.717) is 29.7 Å². The third-order valence-corrected chi connectivity index (χ3v) is 9.13. The fraction of sp³-hybridized carbons (Fsp3) is 0.560. The zero-order valence-electron chi connectivity index (χ0n) is 21.6. The zero-order chi connectivity index (χ0) is 29.3. The summed E-state index contributed by atoms with van der Waals surface area (Å²) in [6.07, 6.45) is -3.21. The van der Waals surface area contributed by atoms with Crippen molar-refractivity contribution in [1.29, 1.82) is 0 Å². The van der Waals surface area contributed by atoms with Crippen molar-refractivity contribution in [2.45, 2.75) is 62.8 Å². The Kier molecular flexibility index (Phi) is 6.65. The fourth-order valence-corrected chi connectivity index (χ4v) is 6.62. The molecule has 16 heteroatoms. The van der Waals surface area contributed by atoms with Crippen molar-refractivity contribution in [1.82, 2.24) is 29.9 Å². The second-order valence-corrected chi connectivity index (χ2v) is 12.0. The highest BCUT2D eigenvalue weighted by molar-refractivity contribution is 7.12. The van der Waals surface area contributed by atoms with Gasteiger partial charge in [-0.1, -0.05) is 0 Å². The van der Waals surface area contributed by atoms with Crippen LogP contribution in [-0.2, 0) is 37.3 Å². The lowest BCUT2D eigenvalue weighted by atomic mass is 9.90. The first-order valence-corrected chi connectivity index (χ1v) is 13.9. The quantitative estimate of drug-likeness (QED) is 0.352. The number of fused-ring (bicyclic) bond motifs is 1. The Balaban J connectivity index is 1.25. The molecule has 220 valence electrons. The molecule has 0 aliphatic heterocycles. The molecule has 1 amide bonds. The van der Waals surface area contributed by atoms with Gasteiger partial charge in [0.15, 0.2) is 5.69 Å². The summed E-state index contributed by atoms with van der Waals surface area (Å²) in [5.41, 5.74) is -0.144. The second kappa shape index (κ2) is 9.84. The lowest BCUT2D eigenvalue weighted by Gasteiger charge is -2.25. The average molecular weight is 602 g/mol. The van der Waals surface area contributed by atoms with Gasteiger partial charge in [0, 0.05) is 54.2 Å². The minimum atomic E-state index is -4.62. The van der Waals surface area contributed by atoms with E-state index in [1.54, 1.807) is 4.57 Å². The number of amides is 1. The van der Waals surface area contributed by atoms with Crippen LogP contribution in [0.1, 0.15) is 56.7 Å². The third kappa shape index (κ3) is 5.45. The molecule has 3 aromatic heterocycles. The number of thiophene rings is 1. The molecule has 3 heterocycles. The monoisotopic (exact) mass is 601 g/mol. The molecule has 4 atom stereocenters. The van der Waals surface area contributed by atoms with Crippen LogP contribution in [0.2, 0.25) is 0 Å². The van der Waals surface area contributed by atoms with E-state index in [1.165, 1.54) is 24.7 Å². The van der Waals surface area contributed by atoms with E-state index in [9.17, 15) is 35.9 Å². The molecule has 0 radical (unpaired) electrons. The highest BCUT2D eigenvalue weighted by Crippen LogP contribution is 2.48. The Bertz CT molecular complexity index is 1510. The molecule has 2 N–H and O–H groups in total. The van der Waals surface area contributed by atoms with Crippen LogP contribution in [0, 0.1) is 11.8 Å². The van der Waals surface area contributed by atoms with E-state index in [0.717, 1.165) is 15.6 Å². The summed E-state index contributed by atoms with van der Waals surface area (Å²) in [7, 11) is 1.36. The maximum Gasteiger partial charge on any atom is 0.435 e. The average Bonchev–Trinajstić information content (AvgIpc) is 3.50.